The van der Waals surface area contributed by atoms with Gasteiger partial charge in [0, 0.05) is 50.3 Å². The van der Waals surface area contributed by atoms with E-state index in [-0.39, 0.29) is 11.6 Å². The van der Waals surface area contributed by atoms with E-state index in [9.17, 15) is 9.18 Å². The molecular formula is C28H30FN5O2. The first kappa shape index (κ1) is 23.7. The molecule has 1 fully saturated rings. The van der Waals surface area contributed by atoms with Gasteiger partial charge in [-0.15, -0.1) is 0 Å². The minimum atomic E-state index is -0.438. The first-order valence-corrected chi connectivity index (χ1v) is 12.2. The average molecular weight is 488 g/mol. The lowest BCUT2D eigenvalue weighted by Gasteiger charge is -2.37. The fraction of sp³-hybridized carbons (Fsp3) is 0.286. The van der Waals surface area contributed by atoms with Gasteiger partial charge in [0.2, 0.25) is 0 Å². The highest BCUT2D eigenvalue weighted by Gasteiger charge is 2.20. The maximum Gasteiger partial charge on any atom is 0.270 e. The van der Waals surface area contributed by atoms with Crippen LogP contribution in [0, 0.1) is 5.82 Å². The third kappa shape index (κ3) is 4.71. The van der Waals surface area contributed by atoms with E-state index < -0.39 is 5.82 Å². The number of pyridine rings is 1. The van der Waals surface area contributed by atoms with Crippen molar-refractivity contribution >= 4 is 22.9 Å². The van der Waals surface area contributed by atoms with Gasteiger partial charge in [0.15, 0.2) is 11.5 Å². The van der Waals surface area contributed by atoms with Gasteiger partial charge in [-0.1, -0.05) is 19.1 Å². The summed E-state index contributed by atoms with van der Waals surface area (Å²) in [4.78, 5) is 22.0. The molecule has 1 amide bonds. The number of fused-ring (bicyclic) bond motifs is 1. The van der Waals surface area contributed by atoms with Crippen LogP contribution in [0.2, 0.25) is 0 Å². The molecule has 2 aromatic heterocycles. The Bertz CT molecular complexity index is 1340. The summed E-state index contributed by atoms with van der Waals surface area (Å²) in [5, 5.41) is 2.97. The monoisotopic (exact) mass is 487 g/mol. The van der Waals surface area contributed by atoms with Crippen molar-refractivity contribution in [1.82, 2.24) is 14.7 Å². The number of piperazine rings is 1. The van der Waals surface area contributed by atoms with E-state index in [0.717, 1.165) is 37.5 Å². The maximum absolute atomic E-state index is 14.1. The fourth-order valence-electron chi connectivity index (χ4n) is 4.67. The predicted molar refractivity (Wildman–Crippen MR) is 140 cm³/mol. The third-order valence-corrected chi connectivity index (χ3v) is 6.70. The Labute approximate surface area is 210 Å². The van der Waals surface area contributed by atoms with Gasteiger partial charge in [0.25, 0.3) is 5.91 Å². The number of anilines is 2. The van der Waals surface area contributed by atoms with Crippen molar-refractivity contribution in [2.75, 3.05) is 43.1 Å². The zero-order chi connectivity index (χ0) is 25.1. The molecule has 3 heterocycles. The first-order chi connectivity index (χ1) is 17.6. The summed E-state index contributed by atoms with van der Waals surface area (Å²) >= 11 is 0. The topological polar surface area (TPSA) is 62.1 Å². The molecule has 1 aliphatic rings. The van der Waals surface area contributed by atoms with Crippen LogP contribution in [0.4, 0.5) is 15.8 Å². The van der Waals surface area contributed by atoms with Crippen LogP contribution in [0.1, 0.15) is 28.7 Å². The third-order valence-electron chi connectivity index (χ3n) is 6.70. The van der Waals surface area contributed by atoms with Crippen LogP contribution < -0.4 is 19.9 Å². The van der Waals surface area contributed by atoms with Crippen LogP contribution in [0.3, 0.4) is 0 Å². The number of carbonyl (C=O) groups excluding carboxylic acids is 1. The number of ether oxygens (including phenoxy) is 1. The molecule has 4 aromatic rings. The number of carbonyl (C=O) groups is 1. The molecule has 1 N–H and O–H groups in total. The largest absolute Gasteiger partial charge is 0.497 e. The molecule has 2 aromatic carbocycles. The molecule has 7 nitrogen and oxygen atoms in total. The van der Waals surface area contributed by atoms with Crippen molar-refractivity contribution < 1.29 is 13.9 Å². The second-order valence-electron chi connectivity index (χ2n) is 8.83. The van der Waals surface area contributed by atoms with Gasteiger partial charge in [-0.25, -0.2) is 9.37 Å². The van der Waals surface area contributed by atoms with E-state index in [1.165, 1.54) is 21.8 Å². The quantitative estimate of drug-likeness (QED) is 0.421. The van der Waals surface area contributed by atoms with Crippen molar-refractivity contribution in [3.63, 3.8) is 0 Å². The van der Waals surface area contributed by atoms with Gasteiger partial charge in [-0.05, 0) is 60.5 Å². The molecule has 0 saturated carbocycles. The van der Waals surface area contributed by atoms with E-state index in [1.807, 2.05) is 31.2 Å². The Morgan fingerprint density at radius 1 is 0.972 bits per heavy atom. The number of methoxy groups -OCH3 is 1. The number of hydrogen-bond donors (Lipinski definition) is 1. The van der Waals surface area contributed by atoms with E-state index in [0.29, 0.717) is 24.4 Å². The fourth-order valence-corrected chi connectivity index (χ4v) is 4.67. The molecule has 0 bridgehead atoms. The minimum absolute atomic E-state index is 0.177. The Morgan fingerprint density at radius 3 is 2.17 bits per heavy atom. The number of nitrogens with zero attached hydrogens (tertiary/aromatic N) is 4. The molecule has 0 atom stereocenters. The molecule has 186 valence electrons. The minimum Gasteiger partial charge on any atom is -0.497 e. The van der Waals surface area contributed by atoms with Crippen LogP contribution in [0.15, 0.2) is 66.9 Å². The van der Waals surface area contributed by atoms with Gasteiger partial charge in [0.05, 0.1) is 12.8 Å². The highest BCUT2D eigenvalue weighted by molar-refractivity contribution is 5.94. The SMILES string of the molecule is CCc1nc2c(F)cccn2c1C(=O)NCc1ccc(N2CCN(c3ccc(OC)cc3)CC2)cc1. The zero-order valence-electron chi connectivity index (χ0n) is 20.6. The Morgan fingerprint density at radius 2 is 1.58 bits per heavy atom. The van der Waals surface area contributed by atoms with Gasteiger partial charge >= 0.3 is 0 Å². The summed E-state index contributed by atoms with van der Waals surface area (Å²) in [6.45, 7) is 6.06. The predicted octanol–water partition coefficient (Wildman–Crippen LogP) is 4.30. The molecule has 1 aliphatic heterocycles. The Kier molecular flexibility index (Phi) is 6.75. The lowest BCUT2D eigenvalue weighted by Crippen LogP contribution is -2.46. The Hall–Kier alpha value is -4.07. The van der Waals surface area contributed by atoms with Crippen molar-refractivity contribution in [3.8, 4) is 5.75 Å². The summed E-state index contributed by atoms with van der Waals surface area (Å²) in [5.74, 6) is 0.169. The molecule has 0 spiro atoms. The lowest BCUT2D eigenvalue weighted by molar-refractivity contribution is 0.0944. The molecule has 8 heteroatoms. The first-order valence-electron chi connectivity index (χ1n) is 12.2. The Balaban J connectivity index is 1.19. The number of amides is 1. The normalized spacial score (nSPS) is 13.8. The van der Waals surface area contributed by atoms with Crippen LogP contribution in [-0.2, 0) is 13.0 Å². The summed E-state index contributed by atoms with van der Waals surface area (Å²) in [6, 6.07) is 19.4. The van der Waals surface area contributed by atoms with Crippen molar-refractivity contribution in [1.29, 1.82) is 0 Å². The lowest BCUT2D eigenvalue weighted by atomic mass is 10.1. The van der Waals surface area contributed by atoms with E-state index in [2.05, 4.69) is 44.4 Å². The molecule has 0 radical (unpaired) electrons. The summed E-state index contributed by atoms with van der Waals surface area (Å²) in [6.07, 6.45) is 2.22. The van der Waals surface area contributed by atoms with Crippen molar-refractivity contribution in [2.24, 2.45) is 0 Å². The van der Waals surface area contributed by atoms with Gasteiger partial charge in [-0.3, -0.25) is 9.20 Å². The second-order valence-corrected chi connectivity index (χ2v) is 8.83. The second kappa shape index (κ2) is 10.3. The number of hydrogen-bond acceptors (Lipinski definition) is 5. The number of aryl methyl sites for hydroxylation is 1. The average Bonchev–Trinajstić information content (AvgIpc) is 3.32. The van der Waals surface area contributed by atoms with Crippen LogP contribution in [0.25, 0.3) is 5.65 Å². The summed E-state index contributed by atoms with van der Waals surface area (Å²) in [7, 11) is 1.68. The standard InChI is InChI=1S/C28H30FN5O2/c1-3-25-26(34-14-4-5-24(29)27(34)31-25)28(35)30-19-20-6-8-21(9-7-20)32-15-17-33(18-16-32)22-10-12-23(36-2)13-11-22/h4-14H,3,15-19H2,1-2H3,(H,30,35). The van der Waals surface area contributed by atoms with Gasteiger partial charge < -0.3 is 19.9 Å². The van der Waals surface area contributed by atoms with E-state index >= 15 is 0 Å². The summed E-state index contributed by atoms with van der Waals surface area (Å²) < 4.78 is 20.9. The maximum atomic E-state index is 14.1. The molecule has 0 aliphatic carbocycles. The molecular weight excluding hydrogens is 457 g/mol. The van der Waals surface area contributed by atoms with Gasteiger partial charge in [-0.2, -0.15) is 0 Å². The number of aromatic nitrogens is 2. The van der Waals surface area contributed by atoms with E-state index in [1.54, 1.807) is 19.4 Å². The van der Waals surface area contributed by atoms with Crippen molar-refractivity contribution in [2.45, 2.75) is 19.9 Å². The van der Waals surface area contributed by atoms with Crippen molar-refractivity contribution in [3.05, 3.63) is 89.6 Å². The number of nitrogens with one attached hydrogen (secondary N) is 1. The number of halogens is 1. The van der Waals surface area contributed by atoms with Gasteiger partial charge in [0.1, 0.15) is 11.4 Å². The zero-order valence-corrected chi connectivity index (χ0v) is 20.6. The smallest absolute Gasteiger partial charge is 0.270 e. The van der Waals surface area contributed by atoms with Crippen LogP contribution in [0.5, 0.6) is 5.75 Å². The molecule has 0 unspecified atom stereocenters. The molecule has 5 rings (SSSR count). The highest BCUT2D eigenvalue weighted by atomic mass is 19.1. The summed E-state index contributed by atoms with van der Waals surface area (Å²) in [5.41, 5.74) is 4.53. The number of rotatable bonds is 7. The van der Waals surface area contributed by atoms with Crippen LogP contribution in [-0.4, -0.2) is 48.6 Å². The number of benzene rings is 2. The molecule has 1 saturated heterocycles. The number of imidazole rings is 1. The van der Waals surface area contributed by atoms with E-state index in [4.69, 9.17) is 4.74 Å². The molecule has 36 heavy (non-hydrogen) atoms. The van der Waals surface area contributed by atoms with Crippen LogP contribution >= 0.6 is 0 Å². The highest BCUT2D eigenvalue weighted by Crippen LogP contribution is 2.23.